The van der Waals surface area contributed by atoms with E-state index in [2.05, 4.69) is 33.2 Å². The molecule has 0 spiro atoms. The van der Waals surface area contributed by atoms with Gasteiger partial charge in [0.05, 0.1) is 5.56 Å². The maximum Gasteiger partial charge on any atom is 0.258 e. The number of nitrogens with zero attached hydrogens (tertiary/aromatic N) is 1. The first-order chi connectivity index (χ1) is 10.0. The van der Waals surface area contributed by atoms with Crippen LogP contribution in [0.1, 0.15) is 17.3 Å². The third kappa shape index (κ3) is 3.65. The molecule has 2 amide bonds. The highest BCUT2D eigenvalue weighted by atomic mass is 127. The van der Waals surface area contributed by atoms with Gasteiger partial charge in [-0.05, 0) is 47.7 Å². The van der Waals surface area contributed by atoms with Crippen molar-refractivity contribution in [2.24, 2.45) is 0 Å². The van der Waals surface area contributed by atoms with E-state index in [1.54, 1.807) is 12.1 Å². The summed E-state index contributed by atoms with van der Waals surface area (Å²) in [4.78, 5) is 26.3. The van der Waals surface area contributed by atoms with E-state index in [0.717, 1.165) is 3.57 Å². The molecule has 21 heavy (non-hydrogen) atoms. The minimum Gasteiger partial charge on any atom is -0.507 e. The lowest BCUT2D eigenvalue weighted by molar-refractivity contribution is -0.126. The van der Waals surface area contributed by atoms with Gasteiger partial charge in [-0.25, -0.2) is 0 Å². The number of carbonyl (C=O) groups is 2. The number of rotatable bonds is 3. The minimum atomic E-state index is -0.552. The molecule has 1 aliphatic heterocycles. The van der Waals surface area contributed by atoms with Gasteiger partial charge in [-0.1, -0.05) is 0 Å². The van der Waals surface area contributed by atoms with Crippen molar-refractivity contribution in [3.8, 4) is 5.75 Å². The van der Waals surface area contributed by atoms with Crippen LogP contribution in [-0.2, 0) is 4.79 Å². The molecule has 0 saturated carbocycles. The Morgan fingerprint density at radius 2 is 2.29 bits per heavy atom. The Hall–Kier alpha value is -1.35. The zero-order valence-electron chi connectivity index (χ0n) is 11.7. The van der Waals surface area contributed by atoms with E-state index < -0.39 is 6.04 Å². The van der Waals surface area contributed by atoms with E-state index in [0.29, 0.717) is 26.2 Å². The minimum absolute atomic E-state index is 0.0615. The van der Waals surface area contributed by atoms with Gasteiger partial charge in [-0.3, -0.25) is 9.59 Å². The Morgan fingerprint density at radius 1 is 1.52 bits per heavy atom. The van der Waals surface area contributed by atoms with E-state index in [1.807, 2.05) is 6.92 Å². The fourth-order valence-corrected chi connectivity index (χ4v) is 2.80. The molecule has 1 aromatic carbocycles. The summed E-state index contributed by atoms with van der Waals surface area (Å²) in [6.45, 7) is 3.84. The Bertz CT molecular complexity index is 550. The molecule has 1 saturated heterocycles. The van der Waals surface area contributed by atoms with Gasteiger partial charge in [0.1, 0.15) is 11.8 Å². The fraction of sp³-hybridized carbons (Fsp3) is 0.429. The van der Waals surface area contributed by atoms with Crippen LogP contribution in [-0.4, -0.2) is 54.0 Å². The molecule has 0 radical (unpaired) electrons. The lowest BCUT2D eigenvalue weighted by atomic mass is 10.1. The Kier molecular flexibility index (Phi) is 5.40. The number of phenols is 1. The maximum atomic E-state index is 12.6. The second kappa shape index (κ2) is 7.08. The molecule has 7 heteroatoms. The normalized spacial score (nSPS) is 18.4. The van der Waals surface area contributed by atoms with Crippen molar-refractivity contribution in [3.05, 3.63) is 27.3 Å². The highest BCUT2D eigenvalue weighted by molar-refractivity contribution is 14.1. The molecule has 3 N–H and O–H groups in total. The highest BCUT2D eigenvalue weighted by Crippen LogP contribution is 2.22. The summed E-state index contributed by atoms with van der Waals surface area (Å²) < 4.78 is 0.860. The summed E-state index contributed by atoms with van der Waals surface area (Å²) in [6.07, 6.45) is 0. The average molecular weight is 403 g/mol. The molecule has 0 aromatic heterocycles. The van der Waals surface area contributed by atoms with Crippen molar-refractivity contribution in [1.82, 2.24) is 15.5 Å². The summed E-state index contributed by atoms with van der Waals surface area (Å²) in [5, 5.41) is 15.8. The van der Waals surface area contributed by atoms with Gasteiger partial charge in [0, 0.05) is 29.7 Å². The third-order valence-corrected chi connectivity index (χ3v) is 4.02. The number of halogens is 1. The van der Waals surface area contributed by atoms with Crippen molar-refractivity contribution >= 4 is 34.4 Å². The van der Waals surface area contributed by atoms with Crippen molar-refractivity contribution < 1.29 is 14.7 Å². The van der Waals surface area contributed by atoms with Gasteiger partial charge in [-0.2, -0.15) is 0 Å². The number of phenolic OH excluding ortho intramolecular Hbond substituents is 1. The van der Waals surface area contributed by atoms with E-state index >= 15 is 0 Å². The molecule has 1 atom stereocenters. The standard InChI is InChI=1S/C14H18IN3O3/c1-2-17-13(20)11-8-16-5-6-18(11)14(21)10-7-9(15)3-4-12(10)19/h3-4,7,11,16,19H,2,5-6,8H2,1H3,(H,17,20). The number of aromatic hydroxyl groups is 1. The van der Waals surface area contributed by atoms with Crippen LogP contribution in [0, 0.1) is 3.57 Å². The molecule has 1 fully saturated rings. The van der Waals surface area contributed by atoms with Gasteiger partial charge in [0.2, 0.25) is 5.91 Å². The Labute approximate surface area is 137 Å². The van der Waals surface area contributed by atoms with Gasteiger partial charge < -0.3 is 20.6 Å². The molecule has 6 nitrogen and oxygen atoms in total. The molecule has 1 aromatic rings. The van der Waals surface area contributed by atoms with Gasteiger partial charge in [0.25, 0.3) is 5.91 Å². The van der Waals surface area contributed by atoms with Crippen LogP contribution < -0.4 is 10.6 Å². The average Bonchev–Trinajstić information content (AvgIpc) is 2.49. The number of hydrogen-bond acceptors (Lipinski definition) is 4. The third-order valence-electron chi connectivity index (χ3n) is 3.35. The predicted octanol–water partition coefficient (Wildman–Crippen LogP) is 0.547. The first-order valence-corrected chi connectivity index (χ1v) is 7.90. The number of likely N-dealkylation sites (N-methyl/N-ethyl adjacent to an activating group) is 1. The lowest BCUT2D eigenvalue weighted by Gasteiger charge is -2.35. The van der Waals surface area contributed by atoms with Crippen LogP contribution in [0.4, 0.5) is 0 Å². The molecular weight excluding hydrogens is 385 g/mol. The molecule has 1 aliphatic rings. The van der Waals surface area contributed by atoms with Crippen LogP contribution in [0.3, 0.4) is 0 Å². The number of carbonyl (C=O) groups excluding carboxylic acids is 2. The second-order valence-corrected chi connectivity index (χ2v) is 6.02. The van der Waals surface area contributed by atoms with E-state index in [9.17, 15) is 14.7 Å². The number of amides is 2. The number of hydrogen-bond donors (Lipinski definition) is 3. The Morgan fingerprint density at radius 3 is 3.00 bits per heavy atom. The maximum absolute atomic E-state index is 12.6. The summed E-state index contributed by atoms with van der Waals surface area (Å²) in [7, 11) is 0. The second-order valence-electron chi connectivity index (χ2n) is 4.77. The first-order valence-electron chi connectivity index (χ1n) is 6.82. The van der Waals surface area contributed by atoms with Gasteiger partial charge in [0.15, 0.2) is 0 Å². The van der Waals surface area contributed by atoms with Gasteiger partial charge >= 0.3 is 0 Å². The Balaban J connectivity index is 2.26. The van der Waals surface area contributed by atoms with Gasteiger partial charge in [-0.15, -0.1) is 0 Å². The molecule has 2 rings (SSSR count). The monoisotopic (exact) mass is 403 g/mol. The lowest BCUT2D eigenvalue weighted by Crippen LogP contribution is -2.59. The molecule has 114 valence electrons. The van der Waals surface area contributed by atoms with Crippen LogP contribution in [0.15, 0.2) is 18.2 Å². The van der Waals surface area contributed by atoms with Crippen LogP contribution in [0.5, 0.6) is 5.75 Å². The zero-order valence-corrected chi connectivity index (χ0v) is 13.9. The SMILES string of the molecule is CCNC(=O)C1CNCCN1C(=O)c1cc(I)ccc1O. The summed E-state index contributed by atoms with van der Waals surface area (Å²) in [6, 6.07) is 4.31. The molecular formula is C14H18IN3O3. The van der Waals surface area contributed by atoms with Crippen LogP contribution in [0.2, 0.25) is 0 Å². The first kappa shape index (κ1) is 16.0. The number of benzene rings is 1. The molecule has 0 aliphatic carbocycles. The fourth-order valence-electron chi connectivity index (χ4n) is 2.31. The van der Waals surface area contributed by atoms with Crippen LogP contribution >= 0.6 is 22.6 Å². The van der Waals surface area contributed by atoms with E-state index in [-0.39, 0.29) is 23.1 Å². The summed E-state index contributed by atoms with van der Waals surface area (Å²) >= 11 is 2.08. The zero-order chi connectivity index (χ0) is 15.4. The van der Waals surface area contributed by atoms with Crippen molar-refractivity contribution in [2.75, 3.05) is 26.2 Å². The molecule has 1 unspecified atom stereocenters. The predicted molar refractivity (Wildman–Crippen MR) is 87.2 cm³/mol. The van der Waals surface area contributed by atoms with Crippen LogP contribution in [0.25, 0.3) is 0 Å². The summed E-state index contributed by atoms with van der Waals surface area (Å²) in [5.41, 5.74) is 0.234. The highest BCUT2D eigenvalue weighted by Gasteiger charge is 2.33. The number of piperazine rings is 1. The smallest absolute Gasteiger partial charge is 0.258 e. The summed E-state index contributed by atoms with van der Waals surface area (Å²) in [5.74, 6) is -0.555. The quantitative estimate of drug-likeness (QED) is 0.644. The van der Waals surface area contributed by atoms with Crippen molar-refractivity contribution in [2.45, 2.75) is 13.0 Å². The van der Waals surface area contributed by atoms with Crippen molar-refractivity contribution in [1.29, 1.82) is 0 Å². The number of nitrogens with one attached hydrogen (secondary N) is 2. The van der Waals surface area contributed by atoms with Crippen molar-refractivity contribution in [3.63, 3.8) is 0 Å². The van der Waals surface area contributed by atoms with E-state index in [4.69, 9.17) is 0 Å². The molecule has 0 bridgehead atoms. The topological polar surface area (TPSA) is 81.7 Å². The molecule has 1 heterocycles. The van der Waals surface area contributed by atoms with E-state index in [1.165, 1.54) is 11.0 Å². The largest absolute Gasteiger partial charge is 0.507 e.